The first-order valence-electron chi connectivity index (χ1n) is 7.41. The first kappa shape index (κ1) is 16.5. The lowest BCUT2D eigenvalue weighted by atomic mass is 9.69. The van der Waals surface area contributed by atoms with Crippen LogP contribution in [0.15, 0.2) is 30.3 Å². The summed E-state index contributed by atoms with van der Waals surface area (Å²) in [5.74, 6) is -0.699. The van der Waals surface area contributed by atoms with Crippen LogP contribution in [-0.2, 0) is 11.7 Å². The average Bonchev–Trinajstić information content (AvgIpc) is 2.88. The third-order valence-electron chi connectivity index (χ3n) is 4.36. The molecule has 1 aliphatic rings. The molecular weight excluding hydrogens is 323 g/mol. The van der Waals surface area contributed by atoms with Crippen molar-refractivity contribution in [1.29, 1.82) is 0 Å². The number of nitrogens with zero attached hydrogens (tertiary/aromatic N) is 1. The minimum absolute atomic E-state index is 0.247. The van der Waals surface area contributed by atoms with E-state index in [0.717, 1.165) is 5.56 Å². The standard InChI is InChI=1S/C16H16F3N3O2/c1-9-12(21-22-13(9)16(17,18)19)14(24)20-15(7-11(23)8-15)10-5-3-2-4-6-10/h2-6,11,23H,7-8H2,1H3,(H,20,24)(H,21,22). The minimum atomic E-state index is -4.60. The van der Waals surface area contributed by atoms with Gasteiger partial charge >= 0.3 is 6.18 Å². The summed E-state index contributed by atoms with van der Waals surface area (Å²) in [7, 11) is 0. The largest absolute Gasteiger partial charge is 0.433 e. The van der Waals surface area contributed by atoms with Crippen molar-refractivity contribution in [3.63, 3.8) is 0 Å². The van der Waals surface area contributed by atoms with Gasteiger partial charge in [0.05, 0.1) is 11.6 Å². The molecule has 2 aromatic rings. The van der Waals surface area contributed by atoms with E-state index in [4.69, 9.17) is 0 Å². The second-order valence-corrected chi connectivity index (χ2v) is 6.03. The topological polar surface area (TPSA) is 78.0 Å². The van der Waals surface area contributed by atoms with Gasteiger partial charge in [0.1, 0.15) is 5.69 Å². The van der Waals surface area contributed by atoms with Gasteiger partial charge in [0.25, 0.3) is 5.91 Å². The number of aromatic amines is 1. The van der Waals surface area contributed by atoms with Crippen molar-refractivity contribution >= 4 is 5.91 Å². The van der Waals surface area contributed by atoms with Crippen LogP contribution >= 0.6 is 0 Å². The number of nitrogens with one attached hydrogen (secondary N) is 2. The monoisotopic (exact) mass is 339 g/mol. The molecular formula is C16H16F3N3O2. The summed E-state index contributed by atoms with van der Waals surface area (Å²) in [4.78, 5) is 12.5. The number of H-pyrrole nitrogens is 1. The summed E-state index contributed by atoms with van der Waals surface area (Å²) in [6.07, 6.45) is -4.55. The summed E-state index contributed by atoms with van der Waals surface area (Å²) in [6, 6.07) is 9.04. The molecule has 1 fully saturated rings. The van der Waals surface area contributed by atoms with Gasteiger partial charge in [-0.05, 0) is 12.5 Å². The molecule has 128 valence electrons. The van der Waals surface area contributed by atoms with Gasteiger partial charge in [-0.15, -0.1) is 0 Å². The van der Waals surface area contributed by atoms with Crippen LogP contribution in [0.25, 0.3) is 0 Å². The molecule has 0 aliphatic heterocycles. The fourth-order valence-electron chi connectivity index (χ4n) is 3.08. The maximum Gasteiger partial charge on any atom is 0.433 e. The normalized spacial score (nSPS) is 23.6. The highest BCUT2D eigenvalue weighted by Crippen LogP contribution is 2.42. The highest BCUT2D eigenvalue weighted by molar-refractivity contribution is 5.94. The Balaban J connectivity index is 1.87. The van der Waals surface area contributed by atoms with Crippen molar-refractivity contribution in [2.45, 2.75) is 37.6 Å². The first-order chi connectivity index (χ1) is 11.2. The van der Waals surface area contributed by atoms with Crippen molar-refractivity contribution in [3.05, 3.63) is 52.8 Å². The molecule has 3 N–H and O–H groups in total. The van der Waals surface area contributed by atoms with Gasteiger partial charge in [-0.25, -0.2) is 0 Å². The van der Waals surface area contributed by atoms with Crippen LogP contribution in [0.3, 0.4) is 0 Å². The Morgan fingerprint density at radius 1 is 1.33 bits per heavy atom. The summed E-state index contributed by atoms with van der Waals surface area (Å²) in [6.45, 7) is 1.20. The molecule has 3 rings (SSSR count). The zero-order chi connectivity index (χ0) is 17.5. The highest BCUT2D eigenvalue weighted by atomic mass is 19.4. The molecule has 0 spiro atoms. The molecule has 1 aromatic heterocycles. The molecule has 24 heavy (non-hydrogen) atoms. The maximum absolute atomic E-state index is 12.8. The smallest absolute Gasteiger partial charge is 0.393 e. The molecule has 5 nitrogen and oxygen atoms in total. The number of carbonyl (C=O) groups is 1. The van der Waals surface area contributed by atoms with Crippen LogP contribution in [-0.4, -0.2) is 27.3 Å². The molecule has 1 aromatic carbocycles. The Bertz CT molecular complexity index is 750. The Morgan fingerprint density at radius 3 is 2.46 bits per heavy atom. The molecule has 0 unspecified atom stereocenters. The van der Waals surface area contributed by atoms with E-state index < -0.39 is 29.4 Å². The van der Waals surface area contributed by atoms with Gasteiger partial charge in [-0.2, -0.15) is 18.3 Å². The molecule has 0 radical (unpaired) electrons. The molecule has 1 amide bonds. The number of amides is 1. The SMILES string of the molecule is Cc1c(C(=O)NC2(c3ccccc3)CC(O)C2)n[nH]c1C(F)(F)F. The predicted octanol–water partition coefficient (Wildman–Crippen LogP) is 2.52. The maximum atomic E-state index is 12.8. The van der Waals surface area contributed by atoms with Gasteiger partial charge in [0.2, 0.25) is 0 Å². The second-order valence-electron chi connectivity index (χ2n) is 6.03. The van der Waals surface area contributed by atoms with Crippen molar-refractivity contribution in [3.8, 4) is 0 Å². The van der Waals surface area contributed by atoms with Gasteiger partial charge in [0.15, 0.2) is 5.69 Å². The number of aliphatic hydroxyl groups is 1. The lowest BCUT2D eigenvalue weighted by Gasteiger charge is -2.46. The summed E-state index contributed by atoms with van der Waals surface area (Å²) in [5, 5.41) is 17.8. The van der Waals surface area contributed by atoms with E-state index in [2.05, 4.69) is 10.4 Å². The summed E-state index contributed by atoms with van der Waals surface area (Å²) < 4.78 is 38.5. The van der Waals surface area contributed by atoms with E-state index in [-0.39, 0.29) is 11.3 Å². The zero-order valence-electron chi connectivity index (χ0n) is 12.8. The fraction of sp³-hybridized carbons (Fsp3) is 0.375. The van der Waals surface area contributed by atoms with Crippen molar-refractivity contribution in [2.75, 3.05) is 0 Å². The van der Waals surface area contributed by atoms with Crippen molar-refractivity contribution < 1.29 is 23.1 Å². The van der Waals surface area contributed by atoms with E-state index in [0.29, 0.717) is 12.8 Å². The van der Waals surface area contributed by atoms with E-state index in [1.807, 2.05) is 23.3 Å². The number of rotatable bonds is 3. The number of carbonyl (C=O) groups excluding carboxylic acids is 1. The molecule has 0 saturated heterocycles. The lowest BCUT2D eigenvalue weighted by Crippen LogP contribution is -2.56. The van der Waals surface area contributed by atoms with Crippen LogP contribution in [0.5, 0.6) is 0 Å². The van der Waals surface area contributed by atoms with E-state index in [9.17, 15) is 23.1 Å². The fourth-order valence-corrected chi connectivity index (χ4v) is 3.08. The molecule has 8 heteroatoms. The second kappa shape index (κ2) is 5.62. The van der Waals surface area contributed by atoms with Gasteiger partial charge in [-0.1, -0.05) is 30.3 Å². The summed E-state index contributed by atoms with van der Waals surface area (Å²) >= 11 is 0. The summed E-state index contributed by atoms with van der Waals surface area (Å²) in [5.41, 5.74) is -1.56. The molecule has 1 saturated carbocycles. The Morgan fingerprint density at radius 2 is 1.96 bits per heavy atom. The van der Waals surface area contributed by atoms with Crippen LogP contribution in [0.4, 0.5) is 13.2 Å². The zero-order valence-corrected chi connectivity index (χ0v) is 12.8. The first-order valence-corrected chi connectivity index (χ1v) is 7.41. The number of aromatic nitrogens is 2. The number of hydrogen-bond acceptors (Lipinski definition) is 3. The quantitative estimate of drug-likeness (QED) is 0.804. The minimum Gasteiger partial charge on any atom is -0.393 e. The molecule has 1 heterocycles. The van der Waals surface area contributed by atoms with Crippen LogP contribution < -0.4 is 5.32 Å². The Kier molecular flexibility index (Phi) is 3.87. The van der Waals surface area contributed by atoms with Gasteiger partial charge < -0.3 is 10.4 Å². The third kappa shape index (κ3) is 2.77. The Hall–Kier alpha value is -2.35. The van der Waals surface area contributed by atoms with Gasteiger partial charge in [-0.3, -0.25) is 9.89 Å². The predicted molar refractivity (Wildman–Crippen MR) is 79.2 cm³/mol. The molecule has 1 aliphatic carbocycles. The van der Waals surface area contributed by atoms with E-state index >= 15 is 0 Å². The van der Waals surface area contributed by atoms with Crippen LogP contribution in [0.2, 0.25) is 0 Å². The highest BCUT2D eigenvalue weighted by Gasteiger charge is 2.47. The van der Waals surface area contributed by atoms with Crippen LogP contribution in [0, 0.1) is 6.92 Å². The number of aliphatic hydroxyl groups excluding tert-OH is 1. The number of benzene rings is 1. The number of hydrogen-bond donors (Lipinski definition) is 3. The Labute approximate surface area is 135 Å². The number of halogens is 3. The van der Waals surface area contributed by atoms with Gasteiger partial charge in [0, 0.05) is 18.4 Å². The van der Waals surface area contributed by atoms with E-state index in [1.54, 1.807) is 12.1 Å². The van der Waals surface area contributed by atoms with Crippen LogP contribution in [0.1, 0.15) is 40.2 Å². The van der Waals surface area contributed by atoms with Crippen molar-refractivity contribution in [1.82, 2.24) is 15.5 Å². The number of alkyl halides is 3. The molecule has 0 atom stereocenters. The third-order valence-corrected chi connectivity index (χ3v) is 4.36. The van der Waals surface area contributed by atoms with Crippen molar-refractivity contribution in [2.24, 2.45) is 0 Å². The average molecular weight is 339 g/mol. The lowest BCUT2D eigenvalue weighted by molar-refractivity contribution is -0.141. The van der Waals surface area contributed by atoms with E-state index in [1.165, 1.54) is 6.92 Å². The molecule has 0 bridgehead atoms.